The average Bonchev–Trinajstić information content (AvgIpc) is 1.98. The number of nitrogens with two attached hydrogens (primary N) is 1. The zero-order valence-electron chi connectivity index (χ0n) is 7.33. The summed E-state index contributed by atoms with van der Waals surface area (Å²) >= 11 is 0. The molecule has 4 heteroatoms. The molecule has 0 radical (unpaired) electrons. The second kappa shape index (κ2) is 4.96. The van der Waals surface area contributed by atoms with Gasteiger partial charge in [-0.2, -0.15) is 0 Å². The van der Waals surface area contributed by atoms with E-state index in [4.69, 9.17) is 10.9 Å². The fourth-order valence-electron chi connectivity index (χ4n) is 0.884. The van der Waals surface area contributed by atoms with Crippen LogP contribution in [0.1, 0.15) is 27.2 Å². The van der Waals surface area contributed by atoms with Crippen molar-refractivity contribution in [3.63, 3.8) is 0 Å². The highest BCUT2D eigenvalue weighted by Gasteiger charge is 2.11. The van der Waals surface area contributed by atoms with Gasteiger partial charge in [0.05, 0.1) is 6.04 Å². The molecule has 1 atom stereocenters. The van der Waals surface area contributed by atoms with Crippen molar-refractivity contribution >= 4 is 5.84 Å². The summed E-state index contributed by atoms with van der Waals surface area (Å²) in [6.07, 6.45) is 0.827. The van der Waals surface area contributed by atoms with Gasteiger partial charge in [0, 0.05) is 6.04 Å². The summed E-state index contributed by atoms with van der Waals surface area (Å²) in [6, 6.07) is 0.334. The van der Waals surface area contributed by atoms with Gasteiger partial charge in [0.25, 0.3) is 0 Å². The van der Waals surface area contributed by atoms with Crippen LogP contribution in [0.4, 0.5) is 0 Å². The third kappa shape index (κ3) is 3.83. The maximum absolute atomic E-state index is 8.37. The summed E-state index contributed by atoms with van der Waals surface area (Å²) in [4.78, 5) is 0. The predicted octanol–water partition coefficient (Wildman–Crippen LogP) is 0.509. The van der Waals surface area contributed by atoms with Crippen LogP contribution >= 0.6 is 0 Å². The van der Waals surface area contributed by atoms with Gasteiger partial charge in [0.2, 0.25) is 0 Å². The number of nitrogens with zero attached hydrogens (tertiary/aromatic N) is 1. The zero-order chi connectivity index (χ0) is 8.85. The predicted molar refractivity (Wildman–Crippen MR) is 45.8 cm³/mol. The SMILES string of the molecule is CCC(NC(C)C)C(N)=NO. The van der Waals surface area contributed by atoms with Gasteiger partial charge in [0.15, 0.2) is 5.84 Å². The summed E-state index contributed by atoms with van der Waals surface area (Å²) in [5.41, 5.74) is 5.41. The first-order chi connectivity index (χ1) is 5.11. The average molecular weight is 159 g/mol. The molecule has 0 bridgehead atoms. The highest BCUT2D eigenvalue weighted by Crippen LogP contribution is 1.92. The van der Waals surface area contributed by atoms with Crippen LogP contribution in [0.5, 0.6) is 0 Å². The van der Waals surface area contributed by atoms with Crippen molar-refractivity contribution in [3.8, 4) is 0 Å². The van der Waals surface area contributed by atoms with E-state index in [-0.39, 0.29) is 11.9 Å². The van der Waals surface area contributed by atoms with Crippen molar-refractivity contribution in [3.05, 3.63) is 0 Å². The summed E-state index contributed by atoms with van der Waals surface area (Å²) in [7, 11) is 0. The summed E-state index contributed by atoms with van der Waals surface area (Å²) in [5, 5.41) is 14.5. The fourth-order valence-corrected chi connectivity index (χ4v) is 0.884. The van der Waals surface area contributed by atoms with E-state index < -0.39 is 0 Å². The second-order valence-electron chi connectivity index (χ2n) is 2.81. The van der Waals surface area contributed by atoms with E-state index in [9.17, 15) is 0 Å². The van der Waals surface area contributed by atoms with E-state index in [1.807, 2.05) is 20.8 Å². The third-order valence-electron chi connectivity index (χ3n) is 1.42. The Hall–Kier alpha value is -0.770. The molecule has 0 aromatic heterocycles. The number of amidine groups is 1. The largest absolute Gasteiger partial charge is 0.409 e. The van der Waals surface area contributed by atoms with Crippen molar-refractivity contribution in [1.29, 1.82) is 0 Å². The Morgan fingerprint density at radius 2 is 2.18 bits per heavy atom. The van der Waals surface area contributed by atoms with Crippen molar-refractivity contribution in [2.24, 2.45) is 10.9 Å². The topological polar surface area (TPSA) is 70.6 Å². The quantitative estimate of drug-likeness (QED) is 0.242. The lowest BCUT2D eigenvalue weighted by Crippen LogP contribution is -2.44. The van der Waals surface area contributed by atoms with Crippen LogP contribution in [0, 0.1) is 0 Å². The molecule has 0 saturated heterocycles. The Kier molecular flexibility index (Phi) is 4.61. The number of rotatable bonds is 4. The van der Waals surface area contributed by atoms with Crippen LogP contribution in [-0.4, -0.2) is 23.1 Å². The first-order valence-electron chi connectivity index (χ1n) is 3.85. The van der Waals surface area contributed by atoms with E-state index in [2.05, 4.69) is 10.5 Å². The van der Waals surface area contributed by atoms with Crippen LogP contribution < -0.4 is 11.1 Å². The Balaban J connectivity index is 3.95. The smallest absolute Gasteiger partial charge is 0.156 e. The van der Waals surface area contributed by atoms with Gasteiger partial charge < -0.3 is 16.3 Å². The molecule has 4 nitrogen and oxygen atoms in total. The lowest BCUT2D eigenvalue weighted by Gasteiger charge is -2.17. The molecule has 1 unspecified atom stereocenters. The molecule has 0 aliphatic rings. The molecule has 0 rings (SSSR count). The second-order valence-corrected chi connectivity index (χ2v) is 2.81. The van der Waals surface area contributed by atoms with Crippen LogP contribution in [-0.2, 0) is 0 Å². The summed E-state index contributed by atoms with van der Waals surface area (Å²) in [5.74, 6) is 0.251. The lowest BCUT2D eigenvalue weighted by molar-refractivity contribution is 0.313. The highest BCUT2D eigenvalue weighted by atomic mass is 16.4. The van der Waals surface area contributed by atoms with E-state index in [1.165, 1.54) is 0 Å². The van der Waals surface area contributed by atoms with E-state index in [0.29, 0.717) is 6.04 Å². The molecule has 0 saturated carbocycles. The van der Waals surface area contributed by atoms with Gasteiger partial charge in [-0.05, 0) is 6.42 Å². The third-order valence-corrected chi connectivity index (χ3v) is 1.42. The maximum atomic E-state index is 8.37. The minimum Gasteiger partial charge on any atom is -0.409 e. The first-order valence-corrected chi connectivity index (χ1v) is 3.85. The number of hydrogen-bond donors (Lipinski definition) is 3. The van der Waals surface area contributed by atoms with Crippen molar-refractivity contribution in [2.45, 2.75) is 39.3 Å². The molecule has 0 amide bonds. The van der Waals surface area contributed by atoms with Crippen molar-refractivity contribution < 1.29 is 5.21 Å². The maximum Gasteiger partial charge on any atom is 0.156 e. The van der Waals surface area contributed by atoms with Crippen LogP contribution in [0.3, 0.4) is 0 Å². The van der Waals surface area contributed by atoms with E-state index >= 15 is 0 Å². The molecular formula is C7H17N3O. The zero-order valence-corrected chi connectivity index (χ0v) is 7.33. The normalized spacial score (nSPS) is 15.5. The monoisotopic (exact) mass is 159 g/mol. The molecule has 4 N–H and O–H groups in total. The molecule has 0 heterocycles. The summed E-state index contributed by atoms with van der Waals surface area (Å²) < 4.78 is 0. The molecule has 0 aliphatic carbocycles. The first kappa shape index (κ1) is 10.2. The van der Waals surface area contributed by atoms with Crippen LogP contribution in [0.15, 0.2) is 5.16 Å². The molecule has 0 aromatic rings. The van der Waals surface area contributed by atoms with Gasteiger partial charge in [0.1, 0.15) is 0 Å². The Bertz CT molecular complexity index is 134. The number of hydrogen-bond acceptors (Lipinski definition) is 3. The Labute approximate surface area is 67.5 Å². The number of oxime groups is 1. The van der Waals surface area contributed by atoms with Gasteiger partial charge in [-0.1, -0.05) is 25.9 Å². The Morgan fingerprint density at radius 3 is 2.45 bits per heavy atom. The molecule has 0 aromatic carbocycles. The van der Waals surface area contributed by atoms with Crippen LogP contribution in [0.25, 0.3) is 0 Å². The van der Waals surface area contributed by atoms with Crippen LogP contribution in [0.2, 0.25) is 0 Å². The van der Waals surface area contributed by atoms with E-state index in [1.54, 1.807) is 0 Å². The van der Waals surface area contributed by atoms with Crippen molar-refractivity contribution in [2.75, 3.05) is 0 Å². The number of nitrogens with one attached hydrogen (secondary N) is 1. The summed E-state index contributed by atoms with van der Waals surface area (Å²) in [6.45, 7) is 6.03. The van der Waals surface area contributed by atoms with Gasteiger partial charge in [-0.25, -0.2) is 0 Å². The fraction of sp³-hybridized carbons (Fsp3) is 0.857. The molecule has 0 aliphatic heterocycles. The van der Waals surface area contributed by atoms with Gasteiger partial charge in [-0.15, -0.1) is 0 Å². The lowest BCUT2D eigenvalue weighted by atomic mass is 10.2. The molecule has 0 fully saturated rings. The molecular weight excluding hydrogens is 142 g/mol. The van der Waals surface area contributed by atoms with Gasteiger partial charge >= 0.3 is 0 Å². The van der Waals surface area contributed by atoms with Gasteiger partial charge in [-0.3, -0.25) is 0 Å². The highest BCUT2D eigenvalue weighted by molar-refractivity contribution is 5.85. The standard InChI is InChI=1S/C7H17N3O/c1-4-6(7(8)10-11)9-5(2)3/h5-6,9,11H,4H2,1-3H3,(H2,8,10). The minimum atomic E-state index is -0.0139. The van der Waals surface area contributed by atoms with Crippen molar-refractivity contribution in [1.82, 2.24) is 5.32 Å². The molecule has 0 spiro atoms. The van der Waals surface area contributed by atoms with E-state index in [0.717, 1.165) is 6.42 Å². The minimum absolute atomic E-state index is 0.0139. The Morgan fingerprint density at radius 1 is 1.64 bits per heavy atom. The molecule has 11 heavy (non-hydrogen) atoms. The molecule has 66 valence electrons.